The number of carbonyl (C=O) groups excluding carboxylic acids is 1. The second kappa shape index (κ2) is 4.91. The van der Waals surface area contributed by atoms with Crippen LogP contribution >= 0.6 is 0 Å². The molecule has 0 unspecified atom stereocenters. The molecule has 18 heavy (non-hydrogen) atoms. The molecule has 0 heterocycles. The Morgan fingerprint density at radius 2 is 1.72 bits per heavy atom. The Balaban J connectivity index is 2.72. The van der Waals surface area contributed by atoms with Crippen LogP contribution in [0.1, 0.15) is 66.7 Å². The number of hydrogen-bond donors (Lipinski definition) is 1. The minimum absolute atomic E-state index is 0.0725. The number of nitriles is 1. The van der Waals surface area contributed by atoms with Crippen molar-refractivity contribution in [1.82, 2.24) is 5.32 Å². The summed E-state index contributed by atoms with van der Waals surface area (Å²) < 4.78 is 0. The zero-order valence-electron chi connectivity index (χ0n) is 12.4. The van der Waals surface area contributed by atoms with E-state index in [2.05, 4.69) is 32.2 Å². The Hall–Kier alpha value is -1.04. The van der Waals surface area contributed by atoms with Crippen molar-refractivity contribution < 1.29 is 4.79 Å². The summed E-state index contributed by atoms with van der Waals surface area (Å²) in [7, 11) is 0. The van der Waals surface area contributed by atoms with E-state index in [1.165, 1.54) is 0 Å². The van der Waals surface area contributed by atoms with E-state index in [-0.39, 0.29) is 16.9 Å². The molecule has 0 aliphatic heterocycles. The van der Waals surface area contributed by atoms with Crippen LogP contribution in [0.15, 0.2) is 0 Å². The van der Waals surface area contributed by atoms with E-state index in [9.17, 15) is 10.1 Å². The van der Waals surface area contributed by atoms with Crippen LogP contribution < -0.4 is 5.32 Å². The van der Waals surface area contributed by atoms with E-state index in [1.54, 1.807) is 0 Å². The molecule has 0 aromatic rings. The van der Waals surface area contributed by atoms with Crippen LogP contribution in [0.2, 0.25) is 0 Å². The third-order valence-electron chi connectivity index (χ3n) is 3.53. The molecule has 1 saturated carbocycles. The van der Waals surface area contributed by atoms with Gasteiger partial charge in [-0.05, 0) is 38.5 Å². The molecule has 0 bridgehead atoms. The lowest BCUT2D eigenvalue weighted by Gasteiger charge is -2.35. The molecule has 1 fully saturated rings. The van der Waals surface area contributed by atoms with Crippen LogP contribution in [0.3, 0.4) is 0 Å². The van der Waals surface area contributed by atoms with Gasteiger partial charge in [-0.15, -0.1) is 0 Å². The smallest absolute Gasteiger partial charge is 0.240 e. The van der Waals surface area contributed by atoms with E-state index in [0.29, 0.717) is 12.8 Å². The van der Waals surface area contributed by atoms with Crippen molar-refractivity contribution in [2.24, 2.45) is 10.8 Å². The summed E-state index contributed by atoms with van der Waals surface area (Å²) in [6.45, 7) is 10.6. The van der Waals surface area contributed by atoms with Gasteiger partial charge in [0.2, 0.25) is 5.91 Å². The quantitative estimate of drug-likeness (QED) is 0.834. The highest BCUT2D eigenvalue weighted by Crippen LogP contribution is 2.38. The highest BCUT2D eigenvalue weighted by Gasteiger charge is 2.43. The Morgan fingerprint density at radius 1 is 1.22 bits per heavy atom. The predicted octanol–water partition coefficient (Wildman–Crippen LogP) is 3.40. The molecule has 3 heteroatoms. The fourth-order valence-corrected chi connectivity index (χ4v) is 3.17. The molecule has 102 valence electrons. The van der Waals surface area contributed by atoms with Gasteiger partial charge in [0.1, 0.15) is 5.41 Å². The average molecular weight is 250 g/mol. The Labute approximate surface area is 111 Å². The van der Waals surface area contributed by atoms with Gasteiger partial charge in [-0.25, -0.2) is 0 Å². The maximum Gasteiger partial charge on any atom is 0.240 e. The van der Waals surface area contributed by atoms with E-state index >= 15 is 0 Å². The van der Waals surface area contributed by atoms with Gasteiger partial charge in [-0.2, -0.15) is 5.26 Å². The van der Waals surface area contributed by atoms with Crippen LogP contribution in [-0.2, 0) is 4.79 Å². The lowest BCUT2D eigenvalue weighted by molar-refractivity contribution is -0.129. The Morgan fingerprint density at radius 3 is 2.11 bits per heavy atom. The fraction of sp³-hybridized carbons (Fsp3) is 0.867. The Bertz CT molecular complexity index is 352. The van der Waals surface area contributed by atoms with E-state index < -0.39 is 5.41 Å². The van der Waals surface area contributed by atoms with Crippen molar-refractivity contribution in [3.8, 4) is 6.07 Å². The molecule has 0 aromatic carbocycles. The van der Waals surface area contributed by atoms with Crippen LogP contribution in [-0.4, -0.2) is 11.4 Å². The molecular formula is C15H26N2O. The summed E-state index contributed by atoms with van der Waals surface area (Å²) in [6.07, 6.45) is 4.29. The average Bonchev–Trinajstić information content (AvgIpc) is 2.61. The van der Waals surface area contributed by atoms with Crippen molar-refractivity contribution in [2.45, 2.75) is 72.3 Å². The topological polar surface area (TPSA) is 52.9 Å². The van der Waals surface area contributed by atoms with Crippen molar-refractivity contribution in [3.63, 3.8) is 0 Å². The summed E-state index contributed by atoms with van der Waals surface area (Å²) in [4.78, 5) is 12.4. The number of amides is 1. The Kier molecular flexibility index (Phi) is 4.10. The summed E-state index contributed by atoms with van der Waals surface area (Å²) >= 11 is 0. The predicted molar refractivity (Wildman–Crippen MR) is 72.8 cm³/mol. The molecule has 1 aliphatic rings. The highest BCUT2D eigenvalue weighted by atomic mass is 16.2. The number of carbonyl (C=O) groups is 1. The number of nitrogens with zero attached hydrogens (tertiary/aromatic N) is 1. The van der Waals surface area contributed by atoms with E-state index in [0.717, 1.165) is 19.3 Å². The molecule has 0 aromatic heterocycles. The highest BCUT2D eigenvalue weighted by molar-refractivity contribution is 5.86. The summed E-state index contributed by atoms with van der Waals surface area (Å²) in [6, 6.07) is 2.25. The number of nitrogens with one attached hydrogen (secondary N) is 1. The lowest BCUT2D eigenvalue weighted by atomic mass is 9.80. The maximum absolute atomic E-state index is 12.4. The second-order valence-corrected chi connectivity index (χ2v) is 7.48. The SMILES string of the molecule is CC(C)(C)CC(C)(C)NC(=O)C1(C#N)CCCC1. The van der Waals surface area contributed by atoms with Gasteiger partial charge in [-0.1, -0.05) is 33.6 Å². The second-order valence-electron chi connectivity index (χ2n) is 7.48. The van der Waals surface area contributed by atoms with Gasteiger partial charge in [0.25, 0.3) is 0 Å². The summed E-state index contributed by atoms with van der Waals surface area (Å²) in [5, 5.41) is 12.4. The first kappa shape index (κ1) is 15.0. The largest absolute Gasteiger partial charge is 0.350 e. The van der Waals surface area contributed by atoms with Crippen LogP contribution in [0, 0.1) is 22.2 Å². The number of hydrogen-bond acceptors (Lipinski definition) is 2. The molecule has 0 saturated heterocycles. The monoisotopic (exact) mass is 250 g/mol. The minimum Gasteiger partial charge on any atom is -0.350 e. The molecule has 1 amide bonds. The van der Waals surface area contributed by atoms with Crippen molar-refractivity contribution in [1.29, 1.82) is 5.26 Å². The first-order valence-corrected chi connectivity index (χ1v) is 6.84. The molecule has 1 rings (SSSR count). The third-order valence-corrected chi connectivity index (χ3v) is 3.53. The minimum atomic E-state index is -0.769. The molecular weight excluding hydrogens is 224 g/mol. The van der Waals surface area contributed by atoms with Crippen molar-refractivity contribution in [3.05, 3.63) is 0 Å². The first-order chi connectivity index (χ1) is 8.10. The first-order valence-electron chi connectivity index (χ1n) is 6.84. The normalized spacial score (nSPS) is 19.3. The maximum atomic E-state index is 12.4. The molecule has 1 N–H and O–H groups in total. The fourth-order valence-electron chi connectivity index (χ4n) is 3.17. The van der Waals surface area contributed by atoms with Crippen molar-refractivity contribution >= 4 is 5.91 Å². The standard InChI is InChI=1S/C15H26N2O/c1-13(2,3)10-14(4,5)17-12(18)15(11-16)8-6-7-9-15/h6-10H2,1-5H3,(H,17,18). The zero-order chi connectivity index (χ0) is 14.0. The molecule has 3 nitrogen and oxygen atoms in total. The molecule has 0 radical (unpaired) electrons. The van der Waals surface area contributed by atoms with Gasteiger partial charge in [-0.3, -0.25) is 4.79 Å². The van der Waals surface area contributed by atoms with Crippen molar-refractivity contribution in [2.75, 3.05) is 0 Å². The zero-order valence-corrected chi connectivity index (χ0v) is 12.4. The van der Waals surface area contributed by atoms with E-state index in [4.69, 9.17) is 0 Å². The van der Waals surface area contributed by atoms with E-state index in [1.807, 2.05) is 13.8 Å². The lowest BCUT2D eigenvalue weighted by Crippen LogP contribution is -2.51. The van der Waals surface area contributed by atoms with Gasteiger partial charge in [0.05, 0.1) is 6.07 Å². The number of rotatable bonds is 3. The molecule has 0 spiro atoms. The van der Waals surface area contributed by atoms with Crippen LogP contribution in [0.5, 0.6) is 0 Å². The molecule has 0 atom stereocenters. The summed E-state index contributed by atoms with van der Waals surface area (Å²) in [5.74, 6) is -0.0725. The van der Waals surface area contributed by atoms with Gasteiger partial charge in [0, 0.05) is 5.54 Å². The molecule has 1 aliphatic carbocycles. The third kappa shape index (κ3) is 3.73. The van der Waals surface area contributed by atoms with Gasteiger partial charge in [0.15, 0.2) is 0 Å². The summed E-state index contributed by atoms with van der Waals surface area (Å²) in [5.41, 5.74) is -0.872. The van der Waals surface area contributed by atoms with Gasteiger partial charge >= 0.3 is 0 Å². The van der Waals surface area contributed by atoms with Gasteiger partial charge < -0.3 is 5.32 Å². The van der Waals surface area contributed by atoms with Crippen LogP contribution in [0.4, 0.5) is 0 Å². The van der Waals surface area contributed by atoms with Crippen LogP contribution in [0.25, 0.3) is 0 Å².